The van der Waals surface area contributed by atoms with Crippen molar-refractivity contribution in [1.82, 2.24) is 4.90 Å². The van der Waals surface area contributed by atoms with Crippen LogP contribution in [0.15, 0.2) is 72.8 Å². The summed E-state index contributed by atoms with van der Waals surface area (Å²) in [5.41, 5.74) is 4.45. The van der Waals surface area contributed by atoms with Crippen LogP contribution >= 0.6 is 0 Å². The second-order valence-corrected chi connectivity index (χ2v) is 10.3. The molecule has 7 nitrogen and oxygen atoms in total. The Hall–Kier alpha value is -3.87. The van der Waals surface area contributed by atoms with E-state index in [0.29, 0.717) is 37.4 Å². The molecule has 1 amide bonds. The minimum atomic E-state index is -0.356. The Morgan fingerprint density at radius 1 is 0.944 bits per heavy atom. The number of nitro groups is 1. The first kappa shape index (κ1) is 25.2. The van der Waals surface area contributed by atoms with Gasteiger partial charge in [0.05, 0.1) is 4.92 Å². The van der Waals surface area contributed by atoms with Gasteiger partial charge in [-0.3, -0.25) is 14.9 Å². The number of hydrogen-bond donors (Lipinski definition) is 1. The molecule has 1 saturated heterocycles. The number of nitrogens with one attached hydrogen (secondary N) is 1. The fourth-order valence-corrected chi connectivity index (χ4v) is 4.52. The SMILES string of the molecule is CC(Nc1cc(N2CCN(C(=O)c3ccc(C(C)(C)C)cc3)CC2)ccc1[N+](=O)[O-])c1ccccc1. The molecule has 188 valence electrons. The number of anilines is 2. The van der Waals surface area contributed by atoms with E-state index in [1.807, 2.05) is 72.5 Å². The first-order chi connectivity index (χ1) is 17.1. The van der Waals surface area contributed by atoms with Crippen LogP contribution in [0.25, 0.3) is 0 Å². The monoisotopic (exact) mass is 486 g/mol. The maximum Gasteiger partial charge on any atom is 0.292 e. The molecule has 0 radical (unpaired) electrons. The summed E-state index contributed by atoms with van der Waals surface area (Å²) in [6.45, 7) is 11.0. The molecule has 3 aromatic rings. The molecule has 3 aromatic carbocycles. The molecular weight excluding hydrogens is 452 g/mol. The molecule has 4 rings (SSSR count). The Bertz CT molecular complexity index is 1210. The predicted molar refractivity (Wildman–Crippen MR) is 145 cm³/mol. The zero-order valence-corrected chi connectivity index (χ0v) is 21.4. The van der Waals surface area contributed by atoms with E-state index in [0.717, 1.165) is 11.3 Å². The molecule has 1 aliphatic heterocycles. The average molecular weight is 487 g/mol. The largest absolute Gasteiger partial charge is 0.373 e. The molecule has 1 fully saturated rings. The number of hydrogen-bond acceptors (Lipinski definition) is 5. The minimum Gasteiger partial charge on any atom is -0.373 e. The van der Waals surface area contributed by atoms with Crippen LogP contribution in [0.3, 0.4) is 0 Å². The van der Waals surface area contributed by atoms with Crippen molar-refractivity contribution >= 4 is 23.0 Å². The van der Waals surface area contributed by atoms with Crippen molar-refractivity contribution in [1.29, 1.82) is 0 Å². The third-order valence-corrected chi connectivity index (χ3v) is 6.78. The van der Waals surface area contributed by atoms with Crippen molar-refractivity contribution in [3.8, 4) is 0 Å². The van der Waals surface area contributed by atoms with Gasteiger partial charge in [-0.1, -0.05) is 63.2 Å². The first-order valence-electron chi connectivity index (χ1n) is 12.4. The minimum absolute atomic E-state index is 0.0397. The van der Waals surface area contributed by atoms with Gasteiger partial charge in [-0.15, -0.1) is 0 Å². The molecule has 1 heterocycles. The number of rotatable bonds is 6. The van der Waals surface area contributed by atoms with Crippen molar-refractivity contribution < 1.29 is 9.72 Å². The van der Waals surface area contributed by atoms with E-state index in [-0.39, 0.29) is 28.0 Å². The Kier molecular flexibility index (Phi) is 7.29. The number of carbonyl (C=O) groups is 1. The van der Waals surface area contributed by atoms with Crippen LogP contribution in [0.2, 0.25) is 0 Å². The van der Waals surface area contributed by atoms with Crippen LogP contribution in [0.4, 0.5) is 17.1 Å². The number of nitro benzene ring substituents is 1. The van der Waals surface area contributed by atoms with Crippen molar-refractivity contribution in [2.45, 2.75) is 39.2 Å². The van der Waals surface area contributed by atoms with E-state index >= 15 is 0 Å². The van der Waals surface area contributed by atoms with Gasteiger partial charge in [0, 0.05) is 49.5 Å². The lowest BCUT2D eigenvalue weighted by molar-refractivity contribution is -0.384. The maximum atomic E-state index is 13.1. The van der Waals surface area contributed by atoms with Crippen molar-refractivity contribution in [2.75, 3.05) is 36.4 Å². The smallest absolute Gasteiger partial charge is 0.292 e. The Balaban J connectivity index is 1.44. The highest BCUT2D eigenvalue weighted by Crippen LogP contribution is 2.33. The second kappa shape index (κ2) is 10.4. The molecule has 1 atom stereocenters. The van der Waals surface area contributed by atoms with Gasteiger partial charge >= 0.3 is 0 Å². The maximum absolute atomic E-state index is 13.1. The Labute approximate surface area is 212 Å². The fraction of sp³-hybridized carbons (Fsp3) is 0.345. The van der Waals surface area contributed by atoms with E-state index in [1.54, 1.807) is 12.1 Å². The molecular formula is C29H34N4O3. The van der Waals surface area contributed by atoms with Crippen molar-refractivity contribution in [3.63, 3.8) is 0 Å². The number of carbonyl (C=O) groups excluding carboxylic acids is 1. The molecule has 1 N–H and O–H groups in total. The molecule has 1 aliphatic rings. The van der Waals surface area contributed by atoms with E-state index in [9.17, 15) is 14.9 Å². The predicted octanol–water partition coefficient (Wildman–Crippen LogP) is 6.03. The number of amides is 1. The van der Waals surface area contributed by atoms with Crippen molar-refractivity contribution in [2.24, 2.45) is 0 Å². The van der Waals surface area contributed by atoms with Crippen LogP contribution in [0.1, 0.15) is 55.2 Å². The quantitative estimate of drug-likeness (QED) is 0.340. The fourth-order valence-electron chi connectivity index (χ4n) is 4.52. The number of nitrogens with zero attached hydrogens (tertiary/aromatic N) is 3. The van der Waals surface area contributed by atoms with Gasteiger partial charge in [-0.25, -0.2) is 0 Å². The van der Waals surface area contributed by atoms with Crippen LogP contribution in [-0.2, 0) is 5.41 Å². The lowest BCUT2D eigenvalue weighted by Gasteiger charge is -2.36. The molecule has 0 aromatic heterocycles. The van der Waals surface area contributed by atoms with Crippen LogP contribution in [0.5, 0.6) is 0 Å². The zero-order valence-electron chi connectivity index (χ0n) is 21.4. The van der Waals surface area contributed by atoms with E-state index in [1.165, 1.54) is 5.56 Å². The molecule has 1 unspecified atom stereocenters. The topological polar surface area (TPSA) is 78.7 Å². The van der Waals surface area contributed by atoms with E-state index in [2.05, 4.69) is 31.0 Å². The highest BCUT2D eigenvalue weighted by atomic mass is 16.6. The van der Waals surface area contributed by atoms with Gasteiger partial charge in [0.15, 0.2) is 0 Å². The first-order valence-corrected chi connectivity index (χ1v) is 12.4. The number of benzene rings is 3. The van der Waals surface area contributed by atoms with Gasteiger partial charge in [0.2, 0.25) is 0 Å². The third kappa shape index (κ3) is 5.67. The Morgan fingerprint density at radius 2 is 1.58 bits per heavy atom. The summed E-state index contributed by atoms with van der Waals surface area (Å²) in [5, 5.41) is 15.0. The zero-order chi connectivity index (χ0) is 25.9. The summed E-state index contributed by atoms with van der Waals surface area (Å²) in [5.74, 6) is 0.0397. The summed E-state index contributed by atoms with van der Waals surface area (Å²) < 4.78 is 0. The van der Waals surface area contributed by atoms with E-state index < -0.39 is 0 Å². The Morgan fingerprint density at radius 3 is 2.17 bits per heavy atom. The highest BCUT2D eigenvalue weighted by molar-refractivity contribution is 5.94. The summed E-state index contributed by atoms with van der Waals surface area (Å²) in [7, 11) is 0. The van der Waals surface area contributed by atoms with Crippen molar-refractivity contribution in [3.05, 3.63) is 99.6 Å². The summed E-state index contributed by atoms with van der Waals surface area (Å²) in [6, 6.07) is 22.9. The van der Waals surface area contributed by atoms with Gasteiger partial charge in [-0.2, -0.15) is 0 Å². The number of piperazine rings is 1. The van der Waals surface area contributed by atoms with Crippen LogP contribution in [0, 0.1) is 10.1 Å². The van der Waals surface area contributed by atoms with Gasteiger partial charge in [0.25, 0.3) is 11.6 Å². The molecule has 7 heteroatoms. The summed E-state index contributed by atoms with van der Waals surface area (Å²) in [6.07, 6.45) is 0. The van der Waals surface area contributed by atoms with Gasteiger partial charge in [0.1, 0.15) is 5.69 Å². The molecule has 0 saturated carbocycles. The van der Waals surface area contributed by atoms with E-state index in [4.69, 9.17) is 0 Å². The normalized spacial score (nSPS) is 14.9. The molecule has 0 aliphatic carbocycles. The average Bonchev–Trinajstić information content (AvgIpc) is 2.88. The molecule has 0 bridgehead atoms. The second-order valence-electron chi connectivity index (χ2n) is 10.3. The summed E-state index contributed by atoms with van der Waals surface area (Å²) in [4.78, 5) is 28.4. The summed E-state index contributed by atoms with van der Waals surface area (Å²) >= 11 is 0. The molecule has 0 spiro atoms. The highest BCUT2D eigenvalue weighted by Gasteiger charge is 2.25. The third-order valence-electron chi connectivity index (χ3n) is 6.78. The van der Waals surface area contributed by atoms with Crippen LogP contribution in [-0.4, -0.2) is 41.9 Å². The standard InChI is InChI=1S/C29H34N4O3/c1-21(22-8-6-5-7-9-22)30-26-20-25(14-15-27(26)33(35)36)31-16-18-32(19-17-31)28(34)23-10-12-24(13-11-23)29(2,3)4/h5-15,20-21,30H,16-19H2,1-4H3. The lowest BCUT2D eigenvalue weighted by atomic mass is 9.86. The van der Waals surface area contributed by atoms with Gasteiger partial charge in [-0.05, 0) is 47.7 Å². The van der Waals surface area contributed by atoms with Crippen LogP contribution < -0.4 is 10.2 Å². The lowest BCUT2D eigenvalue weighted by Crippen LogP contribution is -2.48. The van der Waals surface area contributed by atoms with Gasteiger partial charge < -0.3 is 15.1 Å². The molecule has 36 heavy (non-hydrogen) atoms.